The van der Waals surface area contributed by atoms with Gasteiger partial charge in [0.15, 0.2) is 0 Å². The summed E-state index contributed by atoms with van der Waals surface area (Å²) < 4.78 is 1.89. The molecular formula is C18H21Cl2N3O. The molecule has 1 N–H and O–H groups in total. The van der Waals surface area contributed by atoms with Crippen LogP contribution in [0.1, 0.15) is 37.7 Å². The van der Waals surface area contributed by atoms with Gasteiger partial charge in [-0.25, -0.2) is 4.68 Å². The molecule has 24 heavy (non-hydrogen) atoms. The number of hydrogen-bond acceptors (Lipinski definition) is 2. The van der Waals surface area contributed by atoms with Gasteiger partial charge in [0.2, 0.25) is 5.91 Å². The second kappa shape index (κ2) is 8.04. The Hall–Kier alpha value is -1.52. The Morgan fingerprint density at radius 3 is 2.58 bits per heavy atom. The number of anilines is 1. The van der Waals surface area contributed by atoms with Crippen LogP contribution in [-0.4, -0.2) is 15.7 Å². The zero-order valence-electron chi connectivity index (χ0n) is 13.5. The van der Waals surface area contributed by atoms with Gasteiger partial charge in [0.05, 0.1) is 12.6 Å². The van der Waals surface area contributed by atoms with Gasteiger partial charge in [-0.05, 0) is 36.5 Å². The van der Waals surface area contributed by atoms with Crippen molar-refractivity contribution in [3.63, 3.8) is 0 Å². The molecule has 0 aliphatic heterocycles. The highest BCUT2D eigenvalue weighted by Crippen LogP contribution is 2.27. The lowest BCUT2D eigenvalue weighted by Crippen LogP contribution is -2.21. The summed E-state index contributed by atoms with van der Waals surface area (Å²) in [6, 6.07) is 7.08. The van der Waals surface area contributed by atoms with Gasteiger partial charge in [-0.3, -0.25) is 4.79 Å². The van der Waals surface area contributed by atoms with Crippen molar-refractivity contribution >= 4 is 34.9 Å². The Kier molecular flexibility index (Phi) is 5.80. The largest absolute Gasteiger partial charge is 0.311 e. The van der Waals surface area contributed by atoms with Gasteiger partial charge in [0.25, 0.3) is 0 Å². The quantitative estimate of drug-likeness (QED) is 0.814. The van der Waals surface area contributed by atoms with Gasteiger partial charge in [-0.15, -0.1) is 0 Å². The number of carbonyl (C=O) groups is 1. The third-order valence-electron chi connectivity index (χ3n) is 4.54. The van der Waals surface area contributed by atoms with Gasteiger partial charge in [0, 0.05) is 22.7 Å². The Morgan fingerprint density at radius 1 is 1.17 bits per heavy atom. The molecule has 2 aromatic rings. The first-order chi connectivity index (χ1) is 11.6. The molecule has 1 heterocycles. The average molecular weight is 366 g/mol. The summed E-state index contributed by atoms with van der Waals surface area (Å²) in [7, 11) is 0. The van der Waals surface area contributed by atoms with Gasteiger partial charge < -0.3 is 5.32 Å². The molecule has 0 radical (unpaired) electrons. The van der Waals surface area contributed by atoms with E-state index in [2.05, 4.69) is 10.4 Å². The topological polar surface area (TPSA) is 46.9 Å². The standard InChI is InChI=1S/C18H21Cl2N3O/c19-15-7-4-8-16(20)14(15)11-18(24)22-17-9-10-21-23(17)12-13-5-2-1-3-6-13/h4,7-10,13H,1-3,5-6,11-12H2,(H,22,24). The average Bonchev–Trinajstić information content (AvgIpc) is 2.99. The highest BCUT2D eigenvalue weighted by atomic mass is 35.5. The monoisotopic (exact) mass is 365 g/mol. The number of aromatic nitrogens is 2. The highest BCUT2D eigenvalue weighted by Gasteiger charge is 2.17. The lowest BCUT2D eigenvalue weighted by molar-refractivity contribution is -0.115. The third-order valence-corrected chi connectivity index (χ3v) is 5.25. The molecule has 1 fully saturated rings. The predicted molar refractivity (Wildman–Crippen MR) is 97.6 cm³/mol. The first kappa shape index (κ1) is 17.3. The molecule has 0 atom stereocenters. The molecule has 0 bridgehead atoms. The van der Waals surface area contributed by atoms with Crippen LogP contribution in [0.4, 0.5) is 5.82 Å². The van der Waals surface area contributed by atoms with E-state index in [0.29, 0.717) is 21.5 Å². The smallest absolute Gasteiger partial charge is 0.230 e. The molecule has 3 rings (SSSR count). The van der Waals surface area contributed by atoms with E-state index in [1.807, 2.05) is 10.7 Å². The lowest BCUT2D eigenvalue weighted by atomic mass is 9.89. The normalized spacial score (nSPS) is 15.4. The van der Waals surface area contributed by atoms with Crippen LogP contribution in [0.5, 0.6) is 0 Å². The van der Waals surface area contributed by atoms with Crippen molar-refractivity contribution in [2.75, 3.05) is 5.32 Å². The van der Waals surface area contributed by atoms with Crippen LogP contribution in [0.15, 0.2) is 30.5 Å². The van der Waals surface area contributed by atoms with Gasteiger partial charge in [-0.2, -0.15) is 5.10 Å². The summed E-state index contributed by atoms with van der Waals surface area (Å²) in [5.41, 5.74) is 0.650. The second-order valence-electron chi connectivity index (χ2n) is 6.33. The van der Waals surface area contributed by atoms with Gasteiger partial charge in [0.1, 0.15) is 5.82 Å². The van der Waals surface area contributed by atoms with E-state index in [0.717, 1.165) is 12.4 Å². The molecule has 1 aromatic heterocycles. The van der Waals surface area contributed by atoms with E-state index in [4.69, 9.17) is 23.2 Å². The number of nitrogens with zero attached hydrogens (tertiary/aromatic N) is 2. The molecule has 1 aliphatic rings. The molecule has 0 unspecified atom stereocenters. The van der Waals surface area contributed by atoms with E-state index < -0.39 is 0 Å². The van der Waals surface area contributed by atoms with Crippen molar-refractivity contribution in [1.82, 2.24) is 9.78 Å². The Morgan fingerprint density at radius 2 is 1.88 bits per heavy atom. The minimum atomic E-state index is -0.143. The van der Waals surface area contributed by atoms with Crippen molar-refractivity contribution in [2.24, 2.45) is 5.92 Å². The van der Waals surface area contributed by atoms with Crippen molar-refractivity contribution in [3.8, 4) is 0 Å². The van der Waals surface area contributed by atoms with Crippen LogP contribution in [0.25, 0.3) is 0 Å². The number of benzene rings is 1. The fraction of sp³-hybridized carbons (Fsp3) is 0.444. The highest BCUT2D eigenvalue weighted by molar-refractivity contribution is 6.36. The number of amides is 1. The molecule has 0 spiro atoms. The fourth-order valence-corrected chi connectivity index (χ4v) is 3.78. The molecular weight excluding hydrogens is 345 g/mol. The van der Waals surface area contributed by atoms with E-state index in [-0.39, 0.29) is 12.3 Å². The Balaban J connectivity index is 1.63. The second-order valence-corrected chi connectivity index (χ2v) is 7.14. The van der Waals surface area contributed by atoms with Crippen LogP contribution in [-0.2, 0) is 17.8 Å². The van der Waals surface area contributed by atoms with Crippen LogP contribution < -0.4 is 5.32 Å². The molecule has 1 aromatic carbocycles. The molecule has 1 amide bonds. The van der Waals surface area contributed by atoms with Crippen LogP contribution >= 0.6 is 23.2 Å². The zero-order valence-corrected chi connectivity index (χ0v) is 15.0. The van der Waals surface area contributed by atoms with Crippen molar-refractivity contribution in [1.29, 1.82) is 0 Å². The third kappa shape index (κ3) is 4.31. The number of rotatable bonds is 5. The SMILES string of the molecule is O=C(Cc1c(Cl)cccc1Cl)Nc1ccnn1CC1CCCCC1. The van der Waals surface area contributed by atoms with E-state index in [1.165, 1.54) is 32.1 Å². The number of halogens is 2. The number of hydrogen-bond donors (Lipinski definition) is 1. The maximum Gasteiger partial charge on any atom is 0.230 e. The summed E-state index contributed by atoms with van der Waals surface area (Å²) in [6.07, 6.45) is 8.26. The van der Waals surface area contributed by atoms with Crippen LogP contribution in [0.2, 0.25) is 10.0 Å². The Labute approximate surface area is 152 Å². The summed E-state index contributed by atoms with van der Waals surface area (Å²) in [5.74, 6) is 1.23. The molecule has 1 aliphatic carbocycles. The lowest BCUT2D eigenvalue weighted by Gasteiger charge is -2.22. The van der Waals surface area contributed by atoms with E-state index in [1.54, 1.807) is 24.4 Å². The Bertz CT molecular complexity index is 688. The van der Waals surface area contributed by atoms with Gasteiger partial charge in [-0.1, -0.05) is 48.5 Å². The van der Waals surface area contributed by atoms with Crippen LogP contribution in [0.3, 0.4) is 0 Å². The van der Waals surface area contributed by atoms with E-state index >= 15 is 0 Å². The first-order valence-electron chi connectivity index (χ1n) is 8.38. The maximum atomic E-state index is 12.4. The first-order valence-corrected chi connectivity index (χ1v) is 9.13. The molecule has 128 valence electrons. The van der Waals surface area contributed by atoms with Crippen molar-refractivity contribution < 1.29 is 4.79 Å². The number of nitrogens with one attached hydrogen (secondary N) is 1. The minimum absolute atomic E-state index is 0.143. The summed E-state index contributed by atoms with van der Waals surface area (Å²) in [5, 5.41) is 8.30. The summed E-state index contributed by atoms with van der Waals surface area (Å²) >= 11 is 12.3. The number of carbonyl (C=O) groups excluding carboxylic acids is 1. The van der Waals surface area contributed by atoms with Crippen molar-refractivity contribution in [3.05, 3.63) is 46.1 Å². The van der Waals surface area contributed by atoms with Gasteiger partial charge >= 0.3 is 0 Å². The molecule has 1 saturated carbocycles. The molecule has 0 saturated heterocycles. The molecule has 4 nitrogen and oxygen atoms in total. The molecule has 6 heteroatoms. The van der Waals surface area contributed by atoms with Crippen molar-refractivity contribution in [2.45, 2.75) is 45.1 Å². The van der Waals surface area contributed by atoms with E-state index in [9.17, 15) is 4.79 Å². The summed E-state index contributed by atoms with van der Waals surface area (Å²) in [6.45, 7) is 0.857. The fourth-order valence-electron chi connectivity index (χ4n) is 3.25. The van der Waals surface area contributed by atoms with Crippen LogP contribution in [0, 0.1) is 5.92 Å². The summed E-state index contributed by atoms with van der Waals surface area (Å²) in [4.78, 5) is 12.4. The minimum Gasteiger partial charge on any atom is -0.311 e. The maximum absolute atomic E-state index is 12.4. The zero-order chi connectivity index (χ0) is 16.9. The predicted octanol–water partition coefficient (Wildman–Crippen LogP) is 4.95.